The predicted octanol–water partition coefficient (Wildman–Crippen LogP) is 3.22. The van der Waals surface area contributed by atoms with Crippen molar-refractivity contribution in [1.29, 1.82) is 0 Å². The van der Waals surface area contributed by atoms with Crippen LogP contribution in [-0.4, -0.2) is 28.5 Å². The van der Waals surface area contributed by atoms with E-state index in [0.29, 0.717) is 11.1 Å². The number of rotatable bonds is 6. The zero-order chi connectivity index (χ0) is 20.3. The Balaban J connectivity index is 1.87. The van der Waals surface area contributed by atoms with E-state index in [4.69, 9.17) is 14.2 Å². The number of benzene rings is 2. The molecule has 28 heavy (non-hydrogen) atoms. The highest BCUT2D eigenvalue weighted by molar-refractivity contribution is 5.76. The third kappa shape index (κ3) is 3.97. The fourth-order valence-electron chi connectivity index (χ4n) is 2.79. The molecule has 1 aliphatic heterocycles. The van der Waals surface area contributed by atoms with Crippen LogP contribution in [0.4, 0.5) is 11.4 Å². The molecule has 0 radical (unpaired) electrons. The van der Waals surface area contributed by atoms with Crippen molar-refractivity contribution in [2.45, 2.75) is 25.4 Å². The Labute approximate surface area is 158 Å². The van der Waals surface area contributed by atoms with E-state index in [1.807, 2.05) is 0 Å². The molecular formula is C18H16N2O8. The highest BCUT2D eigenvalue weighted by atomic mass is 16.7. The highest BCUT2D eigenvalue weighted by Crippen LogP contribution is 2.41. The lowest BCUT2D eigenvalue weighted by Crippen LogP contribution is -2.28. The number of hydrogen-bond donors (Lipinski definition) is 0. The molecule has 3 atom stereocenters. The monoisotopic (exact) mass is 388 g/mol. The summed E-state index contributed by atoms with van der Waals surface area (Å²) in [6, 6.07) is 11.1. The molecule has 0 bridgehead atoms. The van der Waals surface area contributed by atoms with Crippen molar-refractivity contribution < 1.29 is 28.9 Å². The predicted molar refractivity (Wildman–Crippen MR) is 94.3 cm³/mol. The first-order valence-corrected chi connectivity index (χ1v) is 8.37. The molecule has 1 heterocycles. The van der Waals surface area contributed by atoms with Crippen LogP contribution in [0.5, 0.6) is 0 Å². The molecule has 2 aromatic carbocycles. The van der Waals surface area contributed by atoms with Gasteiger partial charge in [0.25, 0.3) is 11.4 Å². The molecule has 1 aliphatic rings. The average Bonchev–Trinajstić information content (AvgIpc) is 3.14. The van der Waals surface area contributed by atoms with Gasteiger partial charge >= 0.3 is 5.97 Å². The van der Waals surface area contributed by atoms with E-state index in [1.54, 1.807) is 6.92 Å². The van der Waals surface area contributed by atoms with Crippen molar-refractivity contribution in [2.24, 2.45) is 0 Å². The normalized spacial score (nSPS) is 21.2. The summed E-state index contributed by atoms with van der Waals surface area (Å²) >= 11 is 0. The standard InChI is InChI=1S/C18H16N2O8/c1-2-26-17(21)16-15(11-3-7-13(8-4-11)19(22)23)27-18(28-16)12-5-9-14(10-6-12)20(24)25/h3-10,15-16,18H,2H2,1H3/t15-,16-,18-/m0/s1. The van der Waals surface area contributed by atoms with Crippen LogP contribution in [0.3, 0.4) is 0 Å². The molecule has 3 rings (SSSR count). The minimum Gasteiger partial charge on any atom is -0.464 e. The van der Waals surface area contributed by atoms with E-state index in [-0.39, 0.29) is 18.0 Å². The maximum absolute atomic E-state index is 12.3. The van der Waals surface area contributed by atoms with Crippen molar-refractivity contribution in [3.8, 4) is 0 Å². The summed E-state index contributed by atoms with van der Waals surface area (Å²) in [6.07, 6.45) is -2.88. The van der Waals surface area contributed by atoms with Crippen molar-refractivity contribution in [3.63, 3.8) is 0 Å². The molecule has 0 amide bonds. The smallest absolute Gasteiger partial charge is 0.338 e. The summed E-state index contributed by atoms with van der Waals surface area (Å²) in [7, 11) is 0. The largest absolute Gasteiger partial charge is 0.464 e. The Morgan fingerprint density at radius 1 is 0.929 bits per heavy atom. The van der Waals surface area contributed by atoms with Gasteiger partial charge in [0, 0.05) is 29.8 Å². The third-order valence-electron chi connectivity index (χ3n) is 4.14. The molecule has 0 aliphatic carbocycles. The second kappa shape index (κ2) is 8.11. The fraction of sp³-hybridized carbons (Fsp3) is 0.278. The van der Waals surface area contributed by atoms with E-state index in [9.17, 15) is 25.0 Å². The number of carbonyl (C=O) groups excluding carboxylic acids is 1. The van der Waals surface area contributed by atoms with Gasteiger partial charge in [-0.05, 0) is 36.8 Å². The fourth-order valence-corrected chi connectivity index (χ4v) is 2.79. The number of non-ortho nitro benzene ring substituents is 2. The van der Waals surface area contributed by atoms with Crippen LogP contribution in [0, 0.1) is 20.2 Å². The van der Waals surface area contributed by atoms with Crippen LogP contribution in [0.25, 0.3) is 0 Å². The maximum Gasteiger partial charge on any atom is 0.338 e. The summed E-state index contributed by atoms with van der Waals surface area (Å²) in [4.78, 5) is 32.9. The molecule has 0 N–H and O–H groups in total. The first-order chi connectivity index (χ1) is 13.4. The van der Waals surface area contributed by atoms with E-state index in [2.05, 4.69) is 0 Å². The Hall–Kier alpha value is -3.37. The Morgan fingerprint density at radius 2 is 1.43 bits per heavy atom. The van der Waals surface area contributed by atoms with E-state index in [0.717, 1.165) is 0 Å². The van der Waals surface area contributed by atoms with Gasteiger partial charge in [0.05, 0.1) is 16.5 Å². The first-order valence-electron chi connectivity index (χ1n) is 8.37. The summed E-state index contributed by atoms with van der Waals surface area (Å²) < 4.78 is 16.6. The van der Waals surface area contributed by atoms with Crippen LogP contribution in [0.15, 0.2) is 48.5 Å². The molecule has 146 valence electrons. The van der Waals surface area contributed by atoms with Gasteiger partial charge in [-0.1, -0.05) is 0 Å². The van der Waals surface area contributed by atoms with Crippen LogP contribution in [0.2, 0.25) is 0 Å². The first kappa shape index (κ1) is 19.4. The van der Waals surface area contributed by atoms with Gasteiger partial charge < -0.3 is 14.2 Å². The lowest BCUT2D eigenvalue weighted by molar-refractivity contribution is -0.385. The summed E-state index contributed by atoms with van der Waals surface area (Å²) in [5.74, 6) is -0.629. The van der Waals surface area contributed by atoms with Crippen molar-refractivity contribution in [3.05, 3.63) is 79.9 Å². The number of nitro benzene ring substituents is 2. The minimum atomic E-state index is -1.08. The van der Waals surface area contributed by atoms with Gasteiger partial charge in [-0.25, -0.2) is 4.79 Å². The summed E-state index contributed by atoms with van der Waals surface area (Å²) in [6.45, 7) is 1.80. The number of esters is 1. The molecule has 2 aromatic rings. The Bertz CT molecular complexity index is 881. The van der Waals surface area contributed by atoms with E-state index in [1.165, 1.54) is 48.5 Å². The number of nitrogens with zero attached hydrogens (tertiary/aromatic N) is 2. The Kier molecular flexibility index (Phi) is 5.62. The number of hydrogen-bond acceptors (Lipinski definition) is 8. The zero-order valence-electron chi connectivity index (χ0n) is 14.7. The molecule has 0 aromatic heterocycles. The lowest BCUT2D eigenvalue weighted by Gasteiger charge is -2.15. The molecule has 1 fully saturated rings. The van der Waals surface area contributed by atoms with Gasteiger partial charge in [0.1, 0.15) is 6.10 Å². The van der Waals surface area contributed by atoms with Gasteiger partial charge in [-0.15, -0.1) is 0 Å². The lowest BCUT2D eigenvalue weighted by atomic mass is 10.0. The van der Waals surface area contributed by atoms with Crippen LogP contribution in [0.1, 0.15) is 30.4 Å². The number of nitro groups is 2. The zero-order valence-corrected chi connectivity index (χ0v) is 14.7. The van der Waals surface area contributed by atoms with E-state index >= 15 is 0 Å². The van der Waals surface area contributed by atoms with Gasteiger partial charge in [0.2, 0.25) is 0 Å². The maximum atomic E-state index is 12.3. The minimum absolute atomic E-state index is 0.0874. The quantitative estimate of drug-likeness (QED) is 0.419. The van der Waals surface area contributed by atoms with E-state index < -0.39 is 34.3 Å². The topological polar surface area (TPSA) is 131 Å². The third-order valence-corrected chi connectivity index (χ3v) is 4.14. The summed E-state index contributed by atoms with van der Waals surface area (Å²) in [5.41, 5.74) is 0.815. The van der Waals surface area contributed by atoms with Crippen molar-refractivity contribution in [1.82, 2.24) is 0 Å². The molecule has 10 heteroatoms. The number of carbonyl (C=O) groups is 1. The van der Waals surface area contributed by atoms with Crippen molar-refractivity contribution >= 4 is 17.3 Å². The highest BCUT2D eigenvalue weighted by Gasteiger charge is 2.43. The summed E-state index contributed by atoms with van der Waals surface area (Å²) in [5, 5.41) is 21.6. The van der Waals surface area contributed by atoms with Crippen LogP contribution >= 0.6 is 0 Å². The molecular weight excluding hydrogens is 372 g/mol. The molecule has 10 nitrogen and oxygen atoms in total. The van der Waals surface area contributed by atoms with Gasteiger partial charge in [-0.3, -0.25) is 20.2 Å². The van der Waals surface area contributed by atoms with Crippen molar-refractivity contribution in [2.75, 3.05) is 6.61 Å². The van der Waals surface area contributed by atoms with Gasteiger partial charge in [-0.2, -0.15) is 0 Å². The Morgan fingerprint density at radius 3 is 1.89 bits per heavy atom. The average molecular weight is 388 g/mol. The van der Waals surface area contributed by atoms with Crippen LogP contribution < -0.4 is 0 Å². The molecule has 0 saturated carbocycles. The van der Waals surface area contributed by atoms with Gasteiger partial charge in [0.15, 0.2) is 12.4 Å². The second-order valence-electron chi connectivity index (χ2n) is 5.89. The molecule has 1 saturated heterocycles. The number of ether oxygens (including phenoxy) is 3. The van der Waals surface area contributed by atoms with Crippen LogP contribution in [-0.2, 0) is 19.0 Å². The molecule has 0 spiro atoms. The second-order valence-corrected chi connectivity index (χ2v) is 5.89. The SMILES string of the molecule is CCOC(=O)[C@H]1O[C@@H](c2ccc([N+](=O)[O-])cc2)O[C@H]1c1ccc([N+](=O)[O-])cc1. The molecule has 0 unspecified atom stereocenters.